The molecule has 0 fully saturated rings. The van der Waals surface area contributed by atoms with Gasteiger partial charge in [-0.1, -0.05) is 12.1 Å². The van der Waals surface area contributed by atoms with E-state index in [-0.39, 0.29) is 18.0 Å². The highest BCUT2D eigenvalue weighted by Crippen LogP contribution is 2.34. The minimum atomic E-state index is -0.470. The number of nitrogens with zero attached hydrogens (tertiary/aromatic N) is 3. The lowest BCUT2D eigenvalue weighted by molar-refractivity contribution is -0.385. The topological polar surface area (TPSA) is 129 Å². The monoisotopic (exact) mass is 514 g/mol. The van der Waals surface area contributed by atoms with Crippen LogP contribution >= 0.6 is 15.9 Å². The molecule has 0 amide bonds. The van der Waals surface area contributed by atoms with E-state index in [2.05, 4.69) is 26.5 Å². The first-order valence-electron chi connectivity index (χ1n) is 9.73. The standard InChI is InChI=1S/C22H19BrN4O6/c1-2-32-21-11-16(13-24-25-17-6-8-18(9-7-17)26(28)29)20(23)12-22(21)33-14-15-4-3-5-19(10-15)27(30)31/h3-13,25H,2,14H2,1H3/b24-13+. The third-order valence-corrected chi connectivity index (χ3v) is 5.04. The van der Waals surface area contributed by atoms with Gasteiger partial charge >= 0.3 is 0 Å². The molecule has 0 spiro atoms. The highest BCUT2D eigenvalue weighted by molar-refractivity contribution is 9.10. The maximum Gasteiger partial charge on any atom is 0.269 e. The van der Waals surface area contributed by atoms with Crippen molar-refractivity contribution in [1.82, 2.24) is 0 Å². The Hall–Kier alpha value is -3.99. The zero-order chi connectivity index (χ0) is 23.8. The van der Waals surface area contributed by atoms with Crippen LogP contribution in [0.4, 0.5) is 17.1 Å². The van der Waals surface area contributed by atoms with Crippen molar-refractivity contribution in [3.05, 3.63) is 96.5 Å². The number of rotatable bonds is 10. The van der Waals surface area contributed by atoms with E-state index in [0.29, 0.717) is 39.4 Å². The summed E-state index contributed by atoms with van der Waals surface area (Å²) in [5.74, 6) is 0.957. The van der Waals surface area contributed by atoms with Crippen LogP contribution in [0.5, 0.6) is 11.5 Å². The number of ether oxygens (including phenoxy) is 2. The largest absolute Gasteiger partial charge is 0.490 e. The summed E-state index contributed by atoms with van der Waals surface area (Å²) in [6, 6.07) is 15.6. The number of anilines is 1. The molecule has 170 valence electrons. The van der Waals surface area contributed by atoms with E-state index >= 15 is 0 Å². The van der Waals surface area contributed by atoms with Gasteiger partial charge in [0.15, 0.2) is 11.5 Å². The van der Waals surface area contributed by atoms with Gasteiger partial charge in [-0.25, -0.2) is 0 Å². The molecular weight excluding hydrogens is 496 g/mol. The van der Waals surface area contributed by atoms with Crippen LogP contribution in [-0.4, -0.2) is 22.7 Å². The number of nitro benzene ring substituents is 2. The fourth-order valence-electron chi connectivity index (χ4n) is 2.79. The molecule has 0 aliphatic heterocycles. The number of non-ortho nitro benzene ring substituents is 2. The second-order valence-electron chi connectivity index (χ2n) is 6.64. The zero-order valence-electron chi connectivity index (χ0n) is 17.4. The normalized spacial score (nSPS) is 10.7. The molecule has 1 N–H and O–H groups in total. The number of benzene rings is 3. The van der Waals surface area contributed by atoms with Crippen molar-refractivity contribution in [2.75, 3.05) is 12.0 Å². The van der Waals surface area contributed by atoms with Crippen LogP contribution in [-0.2, 0) is 6.61 Å². The van der Waals surface area contributed by atoms with E-state index < -0.39 is 9.85 Å². The third-order valence-electron chi connectivity index (χ3n) is 4.35. The van der Waals surface area contributed by atoms with Crippen LogP contribution in [0, 0.1) is 20.2 Å². The molecule has 0 aromatic heterocycles. The van der Waals surface area contributed by atoms with E-state index in [1.54, 1.807) is 42.6 Å². The van der Waals surface area contributed by atoms with Crippen molar-refractivity contribution >= 4 is 39.2 Å². The number of halogens is 1. The van der Waals surface area contributed by atoms with Gasteiger partial charge in [-0.15, -0.1) is 0 Å². The van der Waals surface area contributed by atoms with Crippen LogP contribution in [0.25, 0.3) is 0 Å². The third kappa shape index (κ3) is 6.50. The lowest BCUT2D eigenvalue weighted by atomic mass is 10.2. The molecule has 0 unspecified atom stereocenters. The smallest absolute Gasteiger partial charge is 0.269 e. The molecule has 11 heteroatoms. The Morgan fingerprint density at radius 3 is 2.33 bits per heavy atom. The Bertz CT molecular complexity index is 1180. The molecule has 3 aromatic carbocycles. The van der Waals surface area contributed by atoms with Crippen LogP contribution in [0.2, 0.25) is 0 Å². The summed E-state index contributed by atoms with van der Waals surface area (Å²) in [5.41, 5.74) is 4.75. The van der Waals surface area contributed by atoms with Crippen LogP contribution in [0.15, 0.2) is 70.2 Å². The Balaban J connectivity index is 1.73. The van der Waals surface area contributed by atoms with Gasteiger partial charge in [0.05, 0.1) is 28.4 Å². The number of nitrogens with one attached hydrogen (secondary N) is 1. The van der Waals surface area contributed by atoms with Crippen molar-refractivity contribution in [2.24, 2.45) is 5.10 Å². The van der Waals surface area contributed by atoms with Gasteiger partial charge < -0.3 is 9.47 Å². The first-order chi connectivity index (χ1) is 15.9. The van der Waals surface area contributed by atoms with E-state index in [4.69, 9.17) is 9.47 Å². The lowest BCUT2D eigenvalue weighted by Gasteiger charge is -2.14. The molecule has 3 aromatic rings. The van der Waals surface area contributed by atoms with Gasteiger partial charge in [0.1, 0.15) is 6.61 Å². The van der Waals surface area contributed by atoms with Gasteiger partial charge in [-0.2, -0.15) is 5.10 Å². The molecule has 0 radical (unpaired) electrons. The fraction of sp³-hybridized carbons (Fsp3) is 0.136. The van der Waals surface area contributed by atoms with E-state index in [1.807, 2.05) is 6.92 Å². The van der Waals surface area contributed by atoms with E-state index in [1.165, 1.54) is 24.3 Å². The average molecular weight is 515 g/mol. The number of nitro groups is 2. The SMILES string of the molecule is CCOc1cc(/C=N/Nc2ccc([N+](=O)[O-])cc2)c(Br)cc1OCc1cccc([N+](=O)[O-])c1. The average Bonchev–Trinajstić information content (AvgIpc) is 2.80. The summed E-state index contributed by atoms with van der Waals surface area (Å²) in [6.07, 6.45) is 1.57. The molecule has 0 aliphatic carbocycles. The summed E-state index contributed by atoms with van der Waals surface area (Å²) >= 11 is 3.48. The minimum absolute atomic E-state index is 0.00519. The maximum absolute atomic E-state index is 11.0. The number of hydrazone groups is 1. The summed E-state index contributed by atoms with van der Waals surface area (Å²) < 4.78 is 12.2. The highest BCUT2D eigenvalue weighted by Gasteiger charge is 2.12. The summed E-state index contributed by atoms with van der Waals surface area (Å²) in [4.78, 5) is 20.8. The maximum atomic E-state index is 11.0. The molecule has 3 rings (SSSR count). The highest BCUT2D eigenvalue weighted by atomic mass is 79.9. The van der Waals surface area contributed by atoms with Crippen molar-refractivity contribution in [3.63, 3.8) is 0 Å². The van der Waals surface area contributed by atoms with E-state index in [9.17, 15) is 20.2 Å². The summed E-state index contributed by atoms with van der Waals surface area (Å²) in [5, 5.41) is 25.9. The van der Waals surface area contributed by atoms with Gasteiger partial charge in [0.2, 0.25) is 0 Å². The Kier molecular flexibility index (Phi) is 7.92. The second kappa shape index (κ2) is 11.0. The number of hydrogen-bond donors (Lipinski definition) is 1. The molecule has 0 saturated heterocycles. The van der Waals surface area contributed by atoms with Crippen LogP contribution < -0.4 is 14.9 Å². The first-order valence-corrected chi connectivity index (χ1v) is 10.5. The lowest BCUT2D eigenvalue weighted by Crippen LogP contribution is -2.02. The van der Waals surface area contributed by atoms with Gasteiger partial charge in [-0.3, -0.25) is 25.7 Å². The van der Waals surface area contributed by atoms with Gasteiger partial charge in [0.25, 0.3) is 11.4 Å². The zero-order valence-corrected chi connectivity index (χ0v) is 19.0. The van der Waals surface area contributed by atoms with Crippen molar-refractivity contribution in [2.45, 2.75) is 13.5 Å². The molecule has 33 heavy (non-hydrogen) atoms. The molecular formula is C22H19BrN4O6. The predicted molar refractivity (Wildman–Crippen MR) is 127 cm³/mol. The Labute approximate surface area is 197 Å². The molecule has 10 nitrogen and oxygen atoms in total. The van der Waals surface area contributed by atoms with Crippen molar-refractivity contribution in [3.8, 4) is 11.5 Å². The molecule has 0 bridgehead atoms. The first kappa shape index (κ1) is 23.7. The number of hydrogen-bond acceptors (Lipinski definition) is 8. The second-order valence-corrected chi connectivity index (χ2v) is 7.50. The van der Waals surface area contributed by atoms with Gasteiger partial charge in [0, 0.05) is 34.3 Å². The van der Waals surface area contributed by atoms with Crippen molar-refractivity contribution < 1.29 is 19.3 Å². The molecule has 0 saturated carbocycles. The predicted octanol–water partition coefficient (Wildman–Crippen LogP) is 5.69. The minimum Gasteiger partial charge on any atom is -0.490 e. The van der Waals surface area contributed by atoms with Crippen LogP contribution in [0.1, 0.15) is 18.1 Å². The fourth-order valence-corrected chi connectivity index (χ4v) is 3.21. The Morgan fingerprint density at radius 2 is 1.67 bits per heavy atom. The Morgan fingerprint density at radius 1 is 0.970 bits per heavy atom. The van der Waals surface area contributed by atoms with Crippen LogP contribution in [0.3, 0.4) is 0 Å². The summed E-state index contributed by atoms with van der Waals surface area (Å²) in [7, 11) is 0. The molecule has 0 atom stereocenters. The van der Waals surface area contributed by atoms with E-state index in [0.717, 1.165) is 0 Å². The summed E-state index contributed by atoms with van der Waals surface area (Å²) in [6.45, 7) is 2.38. The molecule has 0 aliphatic rings. The molecule has 0 heterocycles. The van der Waals surface area contributed by atoms with Gasteiger partial charge in [-0.05, 0) is 52.7 Å². The quantitative estimate of drug-likeness (QED) is 0.209. The van der Waals surface area contributed by atoms with Crippen molar-refractivity contribution in [1.29, 1.82) is 0 Å².